The van der Waals surface area contributed by atoms with Crippen molar-refractivity contribution in [2.24, 2.45) is 0 Å². The van der Waals surface area contributed by atoms with Crippen LogP contribution in [-0.2, 0) is 11.8 Å². The standard InChI is InChI=1S/C31H34N2O3/c1-7-31(5,6)23-13-8-20(9-14-23)18-21-10-15-24(16-11-21)33-28(35)25-17-12-22(19-26(25)29(33)36)27(34)32-30(2,3)4/h8-17,19H,7,18H2,1-6H3,(H,32,34). The van der Waals surface area contributed by atoms with E-state index >= 15 is 0 Å². The van der Waals surface area contributed by atoms with E-state index < -0.39 is 11.4 Å². The molecule has 0 spiro atoms. The maximum atomic E-state index is 13.2. The molecule has 0 atom stereocenters. The zero-order valence-corrected chi connectivity index (χ0v) is 21.9. The van der Waals surface area contributed by atoms with E-state index in [1.807, 2.05) is 32.9 Å². The minimum Gasteiger partial charge on any atom is -0.347 e. The number of rotatable bonds is 6. The lowest BCUT2D eigenvalue weighted by molar-refractivity contribution is 0.0912. The van der Waals surface area contributed by atoms with Gasteiger partial charge in [-0.15, -0.1) is 0 Å². The molecule has 3 aromatic carbocycles. The molecule has 3 amide bonds. The first-order valence-corrected chi connectivity index (χ1v) is 12.4. The van der Waals surface area contributed by atoms with Gasteiger partial charge in [0.25, 0.3) is 17.7 Å². The molecule has 3 aromatic rings. The van der Waals surface area contributed by atoms with Gasteiger partial charge in [0, 0.05) is 11.1 Å². The van der Waals surface area contributed by atoms with Crippen molar-refractivity contribution in [2.45, 2.75) is 65.3 Å². The van der Waals surface area contributed by atoms with Gasteiger partial charge in [-0.3, -0.25) is 14.4 Å². The SMILES string of the molecule is CCC(C)(C)c1ccc(Cc2ccc(N3C(=O)c4ccc(C(=O)NC(C)(C)C)cc4C3=O)cc2)cc1. The predicted octanol–water partition coefficient (Wildman–Crippen LogP) is 6.29. The lowest BCUT2D eigenvalue weighted by atomic mass is 9.82. The Balaban J connectivity index is 1.50. The number of amides is 3. The Labute approximate surface area is 213 Å². The van der Waals surface area contributed by atoms with Gasteiger partial charge in [-0.25, -0.2) is 4.90 Å². The highest BCUT2D eigenvalue weighted by molar-refractivity contribution is 6.34. The molecule has 0 saturated heterocycles. The molecule has 5 nitrogen and oxygen atoms in total. The largest absolute Gasteiger partial charge is 0.347 e. The molecule has 1 aliphatic heterocycles. The molecular formula is C31H34N2O3. The molecule has 1 heterocycles. The third kappa shape index (κ3) is 5.11. The monoisotopic (exact) mass is 482 g/mol. The average Bonchev–Trinajstić information content (AvgIpc) is 3.08. The second kappa shape index (κ2) is 9.38. The van der Waals surface area contributed by atoms with Crippen LogP contribution in [0, 0.1) is 0 Å². The Morgan fingerprint density at radius 1 is 0.778 bits per heavy atom. The summed E-state index contributed by atoms with van der Waals surface area (Å²) >= 11 is 0. The Morgan fingerprint density at radius 3 is 1.89 bits per heavy atom. The number of carbonyl (C=O) groups excluding carboxylic acids is 3. The summed E-state index contributed by atoms with van der Waals surface area (Å²) in [5.74, 6) is -1.07. The van der Waals surface area contributed by atoms with Gasteiger partial charge >= 0.3 is 0 Å². The molecule has 186 valence electrons. The van der Waals surface area contributed by atoms with E-state index in [1.165, 1.54) is 22.1 Å². The lowest BCUT2D eigenvalue weighted by Crippen LogP contribution is -2.40. The molecule has 0 bridgehead atoms. The van der Waals surface area contributed by atoms with Crippen molar-refractivity contribution >= 4 is 23.4 Å². The first-order chi connectivity index (χ1) is 16.9. The van der Waals surface area contributed by atoms with E-state index in [2.05, 4.69) is 50.4 Å². The van der Waals surface area contributed by atoms with Gasteiger partial charge in [-0.1, -0.05) is 57.2 Å². The number of fused-ring (bicyclic) bond motifs is 1. The van der Waals surface area contributed by atoms with E-state index in [4.69, 9.17) is 0 Å². The zero-order chi connectivity index (χ0) is 26.3. The van der Waals surface area contributed by atoms with E-state index in [0.29, 0.717) is 16.8 Å². The van der Waals surface area contributed by atoms with Crippen molar-refractivity contribution in [3.63, 3.8) is 0 Å². The predicted molar refractivity (Wildman–Crippen MR) is 144 cm³/mol. The molecule has 5 heteroatoms. The maximum absolute atomic E-state index is 13.2. The lowest BCUT2D eigenvalue weighted by Gasteiger charge is -2.23. The second-order valence-corrected chi connectivity index (χ2v) is 11.2. The Kier molecular flexibility index (Phi) is 6.61. The molecule has 0 radical (unpaired) electrons. The number of imide groups is 1. The Hall–Kier alpha value is -3.73. The van der Waals surface area contributed by atoms with Gasteiger partial charge in [-0.05, 0) is 86.1 Å². The van der Waals surface area contributed by atoms with E-state index in [0.717, 1.165) is 18.4 Å². The highest BCUT2D eigenvalue weighted by Gasteiger charge is 2.37. The molecule has 0 aromatic heterocycles. The van der Waals surface area contributed by atoms with E-state index in [9.17, 15) is 14.4 Å². The average molecular weight is 483 g/mol. The van der Waals surface area contributed by atoms with Crippen molar-refractivity contribution in [1.29, 1.82) is 0 Å². The molecule has 0 unspecified atom stereocenters. The number of benzene rings is 3. The van der Waals surface area contributed by atoms with Gasteiger partial charge in [0.2, 0.25) is 0 Å². The topological polar surface area (TPSA) is 66.5 Å². The molecule has 1 N–H and O–H groups in total. The van der Waals surface area contributed by atoms with E-state index in [1.54, 1.807) is 24.3 Å². The summed E-state index contributed by atoms with van der Waals surface area (Å²) in [6, 6.07) is 20.9. The first-order valence-electron chi connectivity index (χ1n) is 12.4. The summed E-state index contributed by atoms with van der Waals surface area (Å²) in [5.41, 5.74) is 4.82. The van der Waals surface area contributed by atoms with Crippen LogP contribution in [0.1, 0.15) is 95.7 Å². The summed E-state index contributed by atoms with van der Waals surface area (Å²) in [6.45, 7) is 12.4. The number of nitrogens with zero attached hydrogens (tertiary/aromatic N) is 1. The van der Waals surface area contributed by atoms with Gasteiger partial charge in [-0.2, -0.15) is 0 Å². The zero-order valence-electron chi connectivity index (χ0n) is 21.9. The van der Waals surface area contributed by atoms with Crippen LogP contribution in [-0.4, -0.2) is 23.3 Å². The molecule has 0 fully saturated rings. The number of carbonyl (C=O) groups is 3. The normalized spacial score (nSPS) is 13.7. The highest BCUT2D eigenvalue weighted by atomic mass is 16.2. The minimum atomic E-state index is -0.415. The molecule has 4 rings (SSSR count). The van der Waals surface area contributed by atoms with Crippen molar-refractivity contribution in [3.05, 3.63) is 100 Å². The highest BCUT2D eigenvalue weighted by Crippen LogP contribution is 2.30. The van der Waals surface area contributed by atoms with Crippen molar-refractivity contribution in [2.75, 3.05) is 4.90 Å². The number of hydrogen-bond acceptors (Lipinski definition) is 3. The van der Waals surface area contributed by atoms with Gasteiger partial charge in [0.15, 0.2) is 0 Å². The van der Waals surface area contributed by atoms with Gasteiger partial charge < -0.3 is 5.32 Å². The first kappa shape index (κ1) is 25.4. The fraction of sp³-hybridized carbons (Fsp3) is 0.323. The van der Waals surface area contributed by atoms with Crippen LogP contribution in [0.15, 0.2) is 66.7 Å². The maximum Gasteiger partial charge on any atom is 0.266 e. The van der Waals surface area contributed by atoms with Crippen LogP contribution in [0.25, 0.3) is 0 Å². The fourth-order valence-corrected chi connectivity index (χ4v) is 4.31. The summed E-state index contributed by atoms with van der Waals surface area (Å²) in [6.07, 6.45) is 1.85. The van der Waals surface area contributed by atoms with Crippen LogP contribution < -0.4 is 10.2 Å². The molecule has 36 heavy (non-hydrogen) atoms. The van der Waals surface area contributed by atoms with Crippen LogP contribution in [0.4, 0.5) is 5.69 Å². The summed E-state index contributed by atoms with van der Waals surface area (Å²) in [7, 11) is 0. The van der Waals surface area contributed by atoms with Crippen molar-refractivity contribution in [1.82, 2.24) is 5.32 Å². The van der Waals surface area contributed by atoms with Crippen LogP contribution in [0.5, 0.6) is 0 Å². The van der Waals surface area contributed by atoms with Crippen molar-refractivity contribution in [3.8, 4) is 0 Å². The van der Waals surface area contributed by atoms with Crippen LogP contribution >= 0.6 is 0 Å². The van der Waals surface area contributed by atoms with Gasteiger partial charge in [0.1, 0.15) is 0 Å². The quantitative estimate of drug-likeness (QED) is 0.420. The summed E-state index contributed by atoms with van der Waals surface area (Å²) < 4.78 is 0. The third-order valence-corrected chi connectivity index (χ3v) is 6.86. The Morgan fingerprint density at radius 2 is 1.33 bits per heavy atom. The Bertz CT molecular complexity index is 1310. The number of hydrogen-bond donors (Lipinski definition) is 1. The molecule has 0 saturated carbocycles. The minimum absolute atomic E-state index is 0.156. The van der Waals surface area contributed by atoms with E-state index in [-0.39, 0.29) is 22.8 Å². The molecule has 1 aliphatic rings. The third-order valence-electron chi connectivity index (χ3n) is 6.86. The molecular weight excluding hydrogens is 448 g/mol. The summed E-state index contributed by atoms with van der Waals surface area (Å²) in [4.78, 5) is 39.9. The van der Waals surface area contributed by atoms with Gasteiger partial charge in [0.05, 0.1) is 16.8 Å². The molecule has 0 aliphatic carbocycles. The van der Waals surface area contributed by atoms with Crippen LogP contribution in [0.2, 0.25) is 0 Å². The smallest absolute Gasteiger partial charge is 0.266 e. The fourth-order valence-electron chi connectivity index (χ4n) is 4.31. The van der Waals surface area contributed by atoms with Crippen LogP contribution in [0.3, 0.4) is 0 Å². The number of nitrogens with one attached hydrogen (secondary N) is 1. The summed E-state index contributed by atoms with van der Waals surface area (Å²) in [5, 5.41) is 2.89. The second-order valence-electron chi connectivity index (χ2n) is 11.2. The van der Waals surface area contributed by atoms with Crippen molar-refractivity contribution < 1.29 is 14.4 Å². The number of anilines is 1.